The third kappa shape index (κ3) is 1.36. The quantitative estimate of drug-likeness (QED) is 0.458. The molecule has 0 N–H and O–H groups in total. The first kappa shape index (κ1) is 6.37. The van der Waals surface area contributed by atoms with Crippen molar-refractivity contribution in [3.8, 4) is 0 Å². The van der Waals surface area contributed by atoms with Gasteiger partial charge in [0.15, 0.2) is 0 Å². The summed E-state index contributed by atoms with van der Waals surface area (Å²) in [4.78, 5) is 0. The van der Waals surface area contributed by atoms with E-state index in [2.05, 4.69) is 6.92 Å². The number of hydrogen-bond donors (Lipinski definition) is 0. The summed E-state index contributed by atoms with van der Waals surface area (Å²) >= 11 is 5.89. The molecule has 8 heavy (non-hydrogen) atoms. The van der Waals surface area contributed by atoms with Gasteiger partial charge in [0.1, 0.15) is 0 Å². The van der Waals surface area contributed by atoms with Crippen LogP contribution >= 0.6 is 11.6 Å². The van der Waals surface area contributed by atoms with Gasteiger partial charge < -0.3 is 4.74 Å². The van der Waals surface area contributed by atoms with Gasteiger partial charge in [0.05, 0.1) is 6.61 Å². The van der Waals surface area contributed by atoms with Gasteiger partial charge in [-0.15, -0.1) is 11.6 Å². The fraction of sp³-hybridized carbons (Fsp3) is 1.00. The molecule has 2 unspecified atom stereocenters. The Bertz CT molecular complexity index is 64.9. The van der Waals surface area contributed by atoms with E-state index in [1.165, 1.54) is 0 Å². The van der Waals surface area contributed by atoms with Gasteiger partial charge in [0.2, 0.25) is 0 Å². The second-order valence-electron chi connectivity index (χ2n) is 2.36. The number of alkyl halides is 1. The third-order valence-corrected chi connectivity index (χ3v) is 2.18. The lowest BCUT2D eigenvalue weighted by atomic mass is 10.0. The van der Waals surface area contributed by atoms with E-state index >= 15 is 0 Å². The van der Waals surface area contributed by atoms with Gasteiger partial charge in [-0.25, -0.2) is 0 Å². The Morgan fingerprint density at radius 1 is 1.62 bits per heavy atom. The zero-order chi connectivity index (χ0) is 5.98. The van der Waals surface area contributed by atoms with Crippen LogP contribution in [0.1, 0.15) is 13.3 Å². The minimum Gasteiger partial charge on any atom is -0.381 e. The monoisotopic (exact) mass is 134 g/mol. The Morgan fingerprint density at radius 3 is 2.75 bits per heavy atom. The van der Waals surface area contributed by atoms with Gasteiger partial charge in [-0.2, -0.15) is 0 Å². The van der Waals surface area contributed by atoms with Crippen molar-refractivity contribution in [1.82, 2.24) is 0 Å². The molecule has 0 amide bonds. The Labute approximate surface area is 55.0 Å². The van der Waals surface area contributed by atoms with Crippen molar-refractivity contribution in [2.75, 3.05) is 13.2 Å². The van der Waals surface area contributed by atoms with E-state index < -0.39 is 0 Å². The highest BCUT2D eigenvalue weighted by Gasteiger charge is 2.18. The molecule has 1 aliphatic rings. The predicted octanol–water partition coefficient (Wildman–Crippen LogP) is 1.65. The molecule has 1 rings (SSSR count). The molecular weight excluding hydrogens is 124 g/mol. The first-order chi connectivity index (χ1) is 3.80. The first-order valence-electron chi connectivity index (χ1n) is 3.02. The van der Waals surface area contributed by atoms with Crippen LogP contribution in [0.15, 0.2) is 0 Å². The third-order valence-electron chi connectivity index (χ3n) is 1.54. The second kappa shape index (κ2) is 2.70. The Balaban J connectivity index is 2.28. The van der Waals surface area contributed by atoms with E-state index in [-0.39, 0.29) is 0 Å². The fourth-order valence-corrected chi connectivity index (χ4v) is 1.02. The highest BCUT2D eigenvalue weighted by molar-refractivity contribution is 6.20. The van der Waals surface area contributed by atoms with Crippen LogP contribution < -0.4 is 0 Å². The Morgan fingerprint density at radius 2 is 2.38 bits per heavy atom. The van der Waals surface area contributed by atoms with Gasteiger partial charge in [-0.3, -0.25) is 0 Å². The SMILES string of the molecule is CC1COCCC1Cl. The van der Waals surface area contributed by atoms with E-state index in [9.17, 15) is 0 Å². The summed E-state index contributed by atoms with van der Waals surface area (Å²) < 4.78 is 5.17. The maximum absolute atomic E-state index is 5.89. The first-order valence-corrected chi connectivity index (χ1v) is 3.46. The Kier molecular flexibility index (Phi) is 2.15. The smallest absolute Gasteiger partial charge is 0.0505 e. The number of ether oxygens (including phenoxy) is 1. The van der Waals surface area contributed by atoms with E-state index in [0.29, 0.717) is 11.3 Å². The van der Waals surface area contributed by atoms with Crippen LogP contribution in [0.25, 0.3) is 0 Å². The van der Waals surface area contributed by atoms with Gasteiger partial charge in [0, 0.05) is 12.0 Å². The van der Waals surface area contributed by atoms with E-state index in [0.717, 1.165) is 19.6 Å². The molecule has 0 aromatic carbocycles. The topological polar surface area (TPSA) is 9.23 Å². The molecule has 0 bridgehead atoms. The van der Waals surface area contributed by atoms with Crippen molar-refractivity contribution in [1.29, 1.82) is 0 Å². The molecule has 1 fully saturated rings. The van der Waals surface area contributed by atoms with Gasteiger partial charge in [0.25, 0.3) is 0 Å². The minimum absolute atomic E-state index is 0.351. The zero-order valence-corrected chi connectivity index (χ0v) is 5.82. The predicted molar refractivity (Wildman–Crippen MR) is 34.2 cm³/mol. The van der Waals surface area contributed by atoms with Crippen LogP contribution in [-0.4, -0.2) is 18.6 Å². The molecule has 0 aromatic rings. The summed E-state index contributed by atoms with van der Waals surface area (Å²) in [6.45, 7) is 3.81. The molecule has 1 aliphatic heterocycles. The van der Waals surface area contributed by atoms with Crippen molar-refractivity contribution in [2.45, 2.75) is 18.7 Å². The van der Waals surface area contributed by atoms with Crippen LogP contribution in [0.5, 0.6) is 0 Å². The maximum Gasteiger partial charge on any atom is 0.0505 e. The standard InChI is InChI=1S/C6H11ClO/c1-5-4-8-3-2-6(5)7/h5-6H,2-4H2,1H3. The van der Waals surface area contributed by atoms with Crippen LogP contribution in [-0.2, 0) is 4.74 Å². The summed E-state index contributed by atoms with van der Waals surface area (Å²) in [6.07, 6.45) is 1.02. The molecule has 1 saturated heterocycles. The van der Waals surface area contributed by atoms with Crippen LogP contribution in [0.3, 0.4) is 0 Å². The molecule has 0 aliphatic carbocycles. The van der Waals surface area contributed by atoms with Gasteiger partial charge >= 0.3 is 0 Å². The highest BCUT2D eigenvalue weighted by Crippen LogP contribution is 2.18. The molecule has 2 atom stereocenters. The summed E-state index contributed by atoms with van der Waals surface area (Å²) in [6, 6.07) is 0. The minimum atomic E-state index is 0.351. The lowest BCUT2D eigenvalue weighted by Crippen LogP contribution is -2.25. The van der Waals surface area contributed by atoms with Crippen LogP contribution in [0.4, 0.5) is 0 Å². The van der Waals surface area contributed by atoms with E-state index in [1.54, 1.807) is 0 Å². The highest BCUT2D eigenvalue weighted by atomic mass is 35.5. The summed E-state index contributed by atoms with van der Waals surface area (Å²) in [5.74, 6) is 0.547. The van der Waals surface area contributed by atoms with E-state index in [1.807, 2.05) is 0 Å². The average molecular weight is 135 g/mol. The summed E-state index contributed by atoms with van der Waals surface area (Å²) in [7, 11) is 0. The molecule has 0 radical (unpaired) electrons. The normalized spacial score (nSPS) is 39.8. The van der Waals surface area contributed by atoms with Crippen molar-refractivity contribution in [3.05, 3.63) is 0 Å². The molecule has 1 heterocycles. The summed E-state index contributed by atoms with van der Waals surface area (Å²) in [5.41, 5.74) is 0. The fourth-order valence-electron chi connectivity index (χ4n) is 0.854. The van der Waals surface area contributed by atoms with Gasteiger partial charge in [-0.1, -0.05) is 6.92 Å². The maximum atomic E-state index is 5.89. The number of rotatable bonds is 0. The van der Waals surface area contributed by atoms with Crippen molar-refractivity contribution < 1.29 is 4.74 Å². The summed E-state index contributed by atoms with van der Waals surface area (Å²) in [5, 5.41) is 0.351. The molecule has 2 heteroatoms. The van der Waals surface area contributed by atoms with Crippen molar-refractivity contribution in [3.63, 3.8) is 0 Å². The molecule has 1 nitrogen and oxygen atoms in total. The molecule has 48 valence electrons. The lowest BCUT2D eigenvalue weighted by Gasteiger charge is -2.23. The van der Waals surface area contributed by atoms with Gasteiger partial charge in [-0.05, 0) is 12.3 Å². The van der Waals surface area contributed by atoms with Crippen molar-refractivity contribution >= 4 is 11.6 Å². The number of halogens is 1. The second-order valence-corrected chi connectivity index (χ2v) is 2.92. The molecule has 0 spiro atoms. The average Bonchev–Trinajstić information content (AvgIpc) is 1.77. The zero-order valence-electron chi connectivity index (χ0n) is 5.06. The molecular formula is C6H11ClO. The van der Waals surface area contributed by atoms with Crippen LogP contribution in [0, 0.1) is 5.92 Å². The Hall–Kier alpha value is 0.250. The lowest BCUT2D eigenvalue weighted by molar-refractivity contribution is 0.0643. The van der Waals surface area contributed by atoms with E-state index in [4.69, 9.17) is 16.3 Å². The van der Waals surface area contributed by atoms with Crippen LogP contribution in [0.2, 0.25) is 0 Å². The van der Waals surface area contributed by atoms with Crippen molar-refractivity contribution in [2.24, 2.45) is 5.92 Å². The molecule has 0 saturated carbocycles. The largest absolute Gasteiger partial charge is 0.381 e. The molecule has 0 aromatic heterocycles. The number of hydrogen-bond acceptors (Lipinski definition) is 1.